The average Bonchev–Trinajstić information content (AvgIpc) is 2.91. The molecule has 0 aliphatic heterocycles. The number of amides is 1. The summed E-state index contributed by atoms with van der Waals surface area (Å²) >= 11 is 0. The third-order valence-electron chi connectivity index (χ3n) is 2.58. The number of carbonyl (C=O) groups is 1. The Balaban J connectivity index is 2.26. The fourth-order valence-corrected chi connectivity index (χ4v) is 1.45. The van der Waals surface area contributed by atoms with E-state index in [-0.39, 0.29) is 18.4 Å². The first-order valence-corrected chi connectivity index (χ1v) is 5.88. The van der Waals surface area contributed by atoms with E-state index < -0.39 is 0 Å². The zero-order valence-corrected chi connectivity index (χ0v) is 11.6. The maximum absolute atomic E-state index is 11.7. The molecule has 2 aromatic rings. The quantitative estimate of drug-likeness (QED) is 0.776. The predicted molar refractivity (Wildman–Crippen MR) is 73.3 cm³/mol. The number of likely N-dealkylation sites (N-methyl/N-ethyl adjacent to an activating group) is 2. The number of carbonyl (C=O) groups excluding carboxylic acids is 1. The highest BCUT2D eigenvalue weighted by molar-refractivity contribution is 5.80. The summed E-state index contributed by atoms with van der Waals surface area (Å²) in [7, 11) is 5.09. The van der Waals surface area contributed by atoms with Gasteiger partial charge in [0.05, 0.1) is 6.54 Å². The van der Waals surface area contributed by atoms with Gasteiger partial charge in [0.25, 0.3) is 0 Å². The van der Waals surface area contributed by atoms with E-state index in [1.165, 1.54) is 4.90 Å². The van der Waals surface area contributed by atoms with Gasteiger partial charge in [0.1, 0.15) is 6.33 Å². The van der Waals surface area contributed by atoms with Crippen LogP contribution >= 0.6 is 0 Å². The van der Waals surface area contributed by atoms with E-state index in [1.54, 1.807) is 49.3 Å². The van der Waals surface area contributed by atoms with E-state index in [0.29, 0.717) is 11.9 Å². The summed E-state index contributed by atoms with van der Waals surface area (Å²) in [6.45, 7) is 0.153. The third-order valence-corrected chi connectivity index (χ3v) is 2.58. The molecule has 20 heavy (non-hydrogen) atoms. The van der Waals surface area contributed by atoms with Crippen molar-refractivity contribution in [3.63, 3.8) is 0 Å². The van der Waals surface area contributed by atoms with E-state index >= 15 is 0 Å². The minimum atomic E-state index is -0.0596. The fraction of sp³-hybridized carbons (Fsp3) is 0.364. The van der Waals surface area contributed by atoms with Crippen molar-refractivity contribution in [1.29, 1.82) is 0 Å². The molecule has 0 aliphatic carbocycles. The van der Waals surface area contributed by atoms with Gasteiger partial charge in [-0.15, -0.1) is 0 Å². The van der Waals surface area contributed by atoms with Crippen molar-refractivity contribution in [2.24, 2.45) is 0 Å². The van der Waals surface area contributed by atoms with Crippen LogP contribution in [0.4, 0.5) is 11.9 Å². The largest absolute Gasteiger partial charge is 0.368 e. The summed E-state index contributed by atoms with van der Waals surface area (Å²) in [4.78, 5) is 31.0. The summed E-state index contributed by atoms with van der Waals surface area (Å²) in [6.07, 6.45) is 4.87. The summed E-state index contributed by atoms with van der Waals surface area (Å²) in [5.41, 5.74) is 5.68. The van der Waals surface area contributed by atoms with Crippen molar-refractivity contribution in [1.82, 2.24) is 29.4 Å². The SMILES string of the molecule is CN(C)C(=O)CN(C)c1nc(N)nc(-n2ccnc2)n1. The van der Waals surface area contributed by atoms with Crippen molar-refractivity contribution < 1.29 is 4.79 Å². The highest BCUT2D eigenvalue weighted by Gasteiger charge is 2.14. The Bertz CT molecular complexity index is 594. The van der Waals surface area contributed by atoms with Crippen LogP contribution in [0.1, 0.15) is 0 Å². The number of rotatable bonds is 4. The Morgan fingerprint density at radius 3 is 2.65 bits per heavy atom. The summed E-state index contributed by atoms with van der Waals surface area (Å²) in [6, 6.07) is 0. The highest BCUT2D eigenvalue weighted by atomic mass is 16.2. The summed E-state index contributed by atoms with van der Waals surface area (Å²) < 4.78 is 1.61. The van der Waals surface area contributed by atoms with Crippen molar-refractivity contribution in [2.45, 2.75) is 0 Å². The molecule has 1 amide bonds. The molecule has 0 bridgehead atoms. The molecule has 2 aromatic heterocycles. The zero-order chi connectivity index (χ0) is 14.7. The van der Waals surface area contributed by atoms with Gasteiger partial charge >= 0.3 is 0 Å². The Kier molecular flexibility index (Phi) is 3.78. The summed E-state index contributed by atoms with van der Waals surface area (Å²) in [5.74, 6) is 0.712. The van der Waals surface area contributed by atoms with Crippen LogP contribution in [0.2, 0.25) is 0 Å². The Hall–Kier alpha value is -2.71. The van der Waals surface area contributed by atoms with E-state index in [0.717, 1.165) is 0 Å². The van der Waals surface area contributed by atoms with Gasteiger partial charge in [0.2, 0.25) is 23.8 Å². The normalized spacial score (nSPS) is 10.3. The van der Waals surface area contributed by atoms with Crippen molar-refractivity contribution >= 4 is 17.8 Å². The van der Waals surface area contributed by atoms with Crippen LogP contribution in [0, 0.1) is 0 Å². The van der Waals surface area contributed by atoms with Gasteiger partial charge in [-0.2, -0.15) is 15.0 Å². The molecule has 9 heteroatoms. The van der Waals surface area contributed by atoms with Crippen LogP contribution in [0.15, 0.2) is 18.7 Å². The lowest BCUT2D eigenvalue weighted by Gasteiger charge is -2.19. The second kappa shape index (κ2) is 5.51. The van der Waals surface area contributed by atoms with Crippen molar-refractivity contribution in [3.8, 4) is 5.95 Å². The van der Waals surface area contributed by atoms with Gasteiger partial charge in [-0.05, 0) is 0 Å². The molecule has 0 aliphatic rings. The van der Waals surface area contributed by atoms with Crippen molar-refractivity contribution in [2.75, 3.05) is 38.3 Å². The van der Waals surface area contributed by atoms with Gasteiger partial charge in [0, 0.05) is 33.5 Å². The molecule has 0 saturated heterocycles. The monoisotopic (exact) mass is 276 g/mol. The number of nitrogens with zero attached hydrogens (tertiary/aromatic N) is 7. The van der Waals surface area contributed by atoms with Crippen LogP contribution in [0.5, 0.6) is 0 Å². The standard InChI is InChI=1S/C11H16N8O/c1-17(2)8(20)6-18(3)10-14-9(12)15-11(16-10)19-5-4-13-7-19/h4-5,7H,6H2,1-3H3,(H2,12,14,15,16). The molecule has 106 valence electrons. The van der Waals surface area contributed by atoms with E-state index in [9.17, 15) is 4.79 Å². The lowest BCUT2D eigenvalue weighted by Crippen LogP contribution is -2.35. The smallest absolute Gasteiger partial charge is 0.241 e. The van der Waals surface area contributed by atoms with Gasteiger partial charge in [-0.1, -0.05) is 0 Å². The van der Waals surface area contributed by atoms with E-state index in [2.05, 4.69) is 19.9 Å². The Morgan fingerprint density at radius 2 is 2.05 bits per heavy atom. The minimum Gasteiger partial charge on any atom is -0.368 e. The maximum Gasteiger partial charge on any atom is 0.241 e. The molecule has 9 nitrogen and oxygen atoms in total. The number of hydrogen-bond donors (Lipinski definition) is 1. The zero-order valence-electron chi connectivity index (χ0n) is 11.6. The molecule has 0 fully saturated rings. The predicted octanol–water partition coefficient (Wildman–Crippen LogP) is -0.836. The summed E-state index contributed by atoms with van der Waals surface area (Å²) in [5, 5.41) is 0. The van der Waals surface area contributed by atoms with E-state index in [1.807, 2.05) is 0 Å². The first kappa shape index (κ1) is 13.7. The van der Waals surface area contributed by atoms with E-state index in [4.69, 9.17) is 5.73 Å². The van der Waals surface area contributed by atoms with Gasteiger partial charge in [0.15, 0.2) is 0 Å². The minimum absolute atomic E-state index is 0.0596. The second-order valence-corrected chi connectivity index (χ2v) is 4.41. The molecule has 2 N–H and O–H groups in total. The molecule has 0 radical (unpaired) electrons. The van der Waals surface area contributed by atoms with Crippen LogP contribution < -0.4 is 10.6 Å². The molecule has 2 heterocycles. The van der Waals surface area contributed by atoms with Crippen LogP contribution in [0.25, 0.3) is 5.95 Å². The first-order valence-electron chi connectivity index (χ1n) is 5.88. The molecule has 0 atom stereocenters. The molecule has 0 unspecified atom stereocenters. The molecule has 0 saturated carbocycles. The maximum atomic E-state index is 11.7. The number of hydrogen-bond acceptors (Lipinski definition) is 7. The van der Waals surface area contributed by atoms with Crippen LogP contribution in [-0.4, -0.2) is 63.0 Å². The number of aromatic nitrogens is 5. The second-order valence-electron chi connectivity index (χ2n) is 4.41. The lowest BCUT2D eigenvalue weighted by atomic mass is 10.5. The Morgan fingerprint density at radius 1 is 1.30 bits per heavy atom. The molecule has 0 aromatic carbocycles. The number of imidazole rings is 1. The fourth-order valence-electron chi connectivity index (χ4n) is 1.45. The lowest BCUT2D eigenvalue weighted by molar-refractivity contribution is -0.127. The first-order chi connectivity index (χ1) is 9.47. The molecular formula is C11H16N8O. The van der Waals surface area contributed by atoms with Gasteiger partial charge < -0.3 is 15.5 Å². The van der Waals surface area contributed by atoms with Crippen LogP contribution in [0.3, 0.4) is 0 Å². The number of nitrogens with two attached hydrogens (primary N) is 1. The molecule has 2 rings (SSSR count). The highest BCUT2D eigenvalue weighted by Crippen LogP contribution is 2.10. The van der Waals surface area contributed by atoms with Crippen LogP contribution in [-0.2, 0) is 4.79 Å². The van der Waals surface area contributed by atoms with Crippen molar-refractivity contribution in [3.05, 3.63) is 18.7 Å². The Labute approximate surface area is 116 Å². The number of anilines is 2. The van der Waals surface area contributed by atoms with Gasteiger partial charge in [-0.25, -0.2) is 4.98 Å². The van der Waals surface area contributed by atoms with Gasteiger partial charge in [-0.3, -0.25) is 9.36 Å². The topological polar surface area (TPSA) is 106 Å². The number of nitrogen functional groups attached to an aromatic ring is 1. The average molecular weight is 276 g/mol. The molecular weight excluding hydrogens is 260 g/mol. The third kappa shape index (κ3) is 2.99. The molecule has 0 spiro atoms.